The lowest BCUT2D eigenvalue weighted by Crippen LogP contribution is -2.44. The monoisotopic (exact) mass is 513 g/mol. The number of hydrogen-bond donors (Lipinski definition) is 2. The van der Waals surface area contributed by atoms with Crippen LogP contribution >= 0.6 is 0 Å². The number of anilines is 2. The van der Waals surface area contributed by atoms with Gasteiger partial charge >= 0.3 is 6.18 Å². The third-order valence-corrected chi connectivity index (χ3v) is 6.49. The van der Waals surface area contributed by atoms with Gasteiger partial charge < -0.3 is 25.0 Å². The molecule has 2 aromatic carbocycles. The largest absolute Gasteiger partial charge is 0.416 e. The number of rotatable bonds is 6. The molecule has 2 aliphatic heterocycles. The predicted octanol–water partition coefficient (Wildman–Crippen LogP) is 3.61. The molecule has 0 unspecified atom stereocenters. The molecule has 0 saturated carbocycles. The molecule has 2 aliphatic rings. The third kappa shape index (κ3) is 5.37. The highest BCUT2D eigenvalue weighted by molar-refractivity contribution is 5.94. The Hall–Kier alpha value is -3.70. The van der Waals surface area contributed by atoms with Gasteiger partial charge in [0.2, 0.25) is 5.95 Å². The molecule has 5 rings (SSSR count). The van der Waals surface area contributed by atoms with Crippen LogP contribution in [0.25, 0.3) is 11.3 Å². The van der Waals surface area contributed by atoms with E-state index in [0.717, 1.165) is 41.2 Å². The fourth-order valence-corrected chi connectivity index (χ4v) is 4.49. The molecule has 0 spiro atoms. The zero-order valence-electron chi connectivity index (χ0n) is 20.2. The first-order valence-corrected chi connectivity index (χ1v) is 11.8. The standard InChI is InChI=1S/C26H26F3N5O3/c1-34(2)18-9-5-15(6-10-18)19-11-12-30-25(32-19)33-21-14-37-22-20(13-36-23(21)22)31-24(35)16-3-7-17(8-4-16)26(27,28)29/h3-12,20-23H,13-14H2,1-2H3,(H,31,35)(H,30,32,33)/t20-,21-,22+,23+/m0/s1. The summed E-state index contributed by atoms with van der Waals surface area (Å²) < 4.78 is 50.2. The lowest BCUT2D eigenvalue weighted by Gasteiger charge is -2.18. The Morgan fingerprint density at radius 3 is 2.24 bits per heavy atom. The first-order valence-electron chi connectivity index (χ1n) is 11.8. The Labute approximate surface area is 211 Å². The average Bonchev–Trinajstić information content (AvgIpc) is 3.47. The van der Waals surface area contributed by atoms with Gasteiger partial charge in [-0.3, -0.25) is 4.79 Å². The molecule has 3 heterocycles. The van der Waals surface area contributed by atoms with Gasteiger partial charge in [-0.05, 0) is 42.5 Å². The number of benzene rings is 2. The summed E-state index contributed by atoms with van der Waals surface area (Å²) in [6, 6.07) is 13.3. The summed E-state index contributed by atoms with van der Waals surface area (Å²) in [4.78, 5) is 23.6. The minimum Gasteiger partial charge on any atom is -0.378 e. The molecular weight excluding hydrogens is 487 g/mol. The maximum atomic E-state index is 12.8. The number of nitrogens with zero attached hydrogens (tertiary/aromatic N) is 3. The van der Waals surface area contributed by atoms with Crippen molar-refractivity contribution in [2.24, 2.45) is 0 Å². The van der Waals surface area contributed by atoms with Crippen molar-refractivity contribution >= 4 is 17.5 Å². The van der Waals surface area contributed by atoms with Crippen LogP contribution < -0.4 is 15.5 Å². The molecule has 2 N–H and O–H groups in total. The number of nitrogens with one attached hydrogen (secondary N) is 2. The summed E-state index contributed by atoms with van der Waals surface area (Å²) in [6.45, 7) is 0.548. The van der Waals surface area contributed by atoms with Crippen molar-refractivity contribution in [3.8, 4) is 11.3 Å². The number of aromatic nitrogens is 2. The molecule has 37 heavy (non-hydrogen) atoms. The average molecular weight is 514 g/mol. The fourth-order valence-electron chi connectivity index (χ4n) is 4.49. The number of carbonyl (C=O) groups excluding carboxylic acids is 1. The predicted molar refractivity (Wildman–Crippen MR) is 131 cm³/mol. The highest BCUT2D eigenvalue weighted by Gasteiger charge is 2.48. The summed E-state index contributed by atoms with van der Waals surface area (Å²) in [5, 5.41) is 6.10. The molecule has 0 aliphatic carbocycles. The number of alkyl halides is 3. The number of amides is 1. The molecular formula is C26H26F3N5O3. The Morgan fingerprint density at radius 1 is 0.946 bits per heavy atom. The van der Waals surface area contributed by atoms with E-state index in [9.17, 15) is 18.0 Å². The number of ether oxygens (including phenoxy) is 2. The van der Waals surface area contributed by atoms with Gasteiger partial charge in [0.1, 0.15) is 12.2 Å². The van der Waals surface area contributed by atoms with Crippen LogP contribution in [-0.2, 0) is 15.7 Å². The van der Waals surface area contributed by atoms with Crippen molar-refractivity contribution in [3.05, 3.63) is 71.9 Å². The van der Waals surface area contributed by atoms with Gasteiger partial charge in [-0.15, -0.1) is 0 Å². The van der Waals surface area contributed by atoms with E-state index in [4.69, 9.17) is 9.47 Å². The summed E-state index contributed by atoms with van der Waals surface area (Å²) in [5.41, 5.74) is 2.14. The van der Waals surface area contributed by atoms with E-state index in [-0.39, 0.29) is 24.3 Å². The second-order valence-corrected chi connectivity index (χ2v) is 9.21. The van der Waals surface area contributed by atoms with Gasteiger partial charge in [0, 0.05) is 37.1 Å². The molecule has 0 radical (unpaired) electrons. The maximum Gasteiger partial charge on any atom is 0.416 e. The van der Waals surface area contributed by atoms with Gasteiger partial charge in [0.05, 0.1) is 36.6 Å². The van der Waals surface area contributed by atoms with Crippen molar-refractivity contribution < 1.29 is 27.4 Å². The lowest BCUT2D eigenvalue weighted by molar-refractivity contribution is -0.137. The van der Waals surface area contributed by atoms with E-state index < -0.39 is 29.8 Å². The zero-order valence-corrected chi connectivity index (χ0v) is 20.2. The van der Waals surface area contributed by atoms with E-state index in [2.05, 4.69) is 20.6 Å². The van der Waals surface area contributed by atoms with Crippen LogP contribution in [0.1, 0.15) is 15.9 Å². The Bertz CT molecular complexity index is 1250. The minimum atomic E-state index is -4.46. The topological polar surface area (TPSA) is 88.6 Å². The second kappa shape index (κ2) is 9.98. The highest BCUT2D eigenvalue weighted by atomic mass is 19.4. The fraction of sp³-hybridized carbons (Fsp3) is 0.346. The van der Waals surface area contributed by atoms with E-state index >= 15 is 0 Å². The van der Waals surface area contributed by atoms with Crippen molar-refractivity contribution in [1.29, 1.82) is 0 Å². The van der Waals surface area contributed by atoms with Crippen molar-refractivity contribution in [2.75, 3.05) is 37.5 Å². The first kappa shape index (κ1) is 25.0. The van der Waals surface area contributed by atoms with Gasteiger partial charge in [0.15, 0.2) is 0 Å². The maximum absolute atomic E-state index is 12.8. The molecule has 2 saturated heterocycles. The Morgan fingerprint density at radius 2 is 1.59 bits per heavy atom. The van der Waals surface area contributed by atoms with E-state index in [1.54, 1.807) is 6.20 Å². The third-order valence-electron chi connectivity index (χ3n) is 6.49. The normalized spacial score (nSPS) is 22.9. The van der Waals surface area contributed by atoms with E-state index in [1.807, 2.05) is 49.3 Å². The molecule has 194 valence electrons. The van der Waals surface area contributed by atoms with Crippen LogP contribution in [0, 0.1) is 0 Å². The highest BCUT2D eigenvalue weighted by Crippen LogP contribution is 2.31. The molecule has 2 fully saturated rings. The van der Waals surface area contributed by atoms with Crippen LogP contribution in [0.4, 0.5) is 24.8 Å². The number of halogens is 3. The number of carbonyl (C=O) groups is 1. The van der Waals surface area contributed by atoms with Gasteiger partial charge in [-0.1, -0.05) is 12.1 Å². The van der Waals surface area contributed by atoms with Crippen LogP contribution in [0.2, 0.25) is 0 Å². The summed E-state index contributed by atoms with van der Waals surface area (Å²) in [5.74, 6) is -0.0522. The summed E-state index contributed by atoms with van der Waals surface area (Å²) >= 11 is 0. The quantitative estimate of drug-likeness (QED) is 0.521. The SMILES string of the molecule is CN(C)c1ccc(-c2ccnc(N[C@H]3CO[C@H]4[C@@H]3OC[C@@H]4NC(=O)c3ccc(C(F)(F)F)cc3)n2)cc1. The Balaban J connectivity index is 1.21. The molecule has 1 aromatic heterocycles. The molecule has 3 aromatic rings. The Kier molecular flexibility index (Phi) is 6.74. The molecule has 11 heteroatoms. The van der Waals surface area contributed by atoms with Crippen molar-refractivity contribution in [3.63, 3.8) is 0 Å². The van der Waals surface area contributed by atoms with Crippen LogP contribution in [0.15, 0.2) is 60.8 Å². The van der Waals surface area contributed by atoms with Crippen LogP contribution in [0.5, 0.6) is 0 Å². The molecule has 4 atom stereocenters. The molecule has 0 bridgehead atoms. The van der Waals surface area contributed by atoms with Gasteiger partial charge in [-0.25, -0.2) is 9.97 Å². The van der Waals surface area contributed by atoms with E-state index in [0.29, 0.717) is 12.6 Å². The lowest BCUT2D eigenvalue weighted by atomic mass is 10.1. The number of fused-ring (bicyclic) bond motifs is 1. The first-order chi connectivity index (χ1) is 17.7. The molecule has 8 nitrogen and oxygen atoms in total. The minimum absolute atomic E-state index is 0.132. The van der Waals surface area contributed by atoms with Crippen molar-refractivity contribution in [2.45, 2.75) is 30.5 Å². The second-order valence-electron chi connectivity index (χ2n) is 9.21. The van der Waals surface area contributed by atoms with Gasteiger partial charge in [0.25, 0.3) is 5.91 Å². The van der Waals surface area contributed by atoms with Crippen LogP contribution in [0.3, 0.4) is 0 Å². The smallest absolute Gasteiger partial charge is 0.378 e. The zero-order chi connectivity index (χ0) is 26.2. The summed E-state index contributed by atoms with van der Waals surface area (Å²) in [7, 11) is 3.96. The summed E-state index contributed by atoms with van der Waals surface area (Å²) in [6.07, 6.45) is -3.52. The molecule has 1 amide bonds. The number of hydrogen-bond acceptors (Lipinski definition) is 7. The van der Waals surface area contributed by atoms with Gasteiger partial charge in [-0.2, -0.15) is 13.2 Å². The van der Waals surface area contributed by atoms with Crippen LogP contribution in [-0.4, -0.2) is 67.5 Å². The van der Waals surface area contributed by atoms with Crippen molar-refractivity contribution in [1.82, 2.24) is 15.3 Å². The van der Waals surface area contributed by atoms with E-state index in [1.165, 1.54) is 0 Å².